The Kier molecular flexibility index (Phi) is 3.58. The third kappa shape index (κ3) is 2.09. The molecule has 6 nitrogen and oxygen atoms in total. The molecule has 0 bridgehead atoms. The summed E-state index contributed by atoms with van der Waals surface area (Å²) in [7, 11) is 0. The highest BCUT2D eigenvalue weighted by Crippen LogP contribution is 2.41. The smallest absolute Gasteiger partial charge is 0.278 e. The second kappa shape index (κ2) is 4.99. The average Bonchev–Trinajstić information content (AvgIpc) is 2.98. The third-order valence-corrected chi connectivity index (χ3v) is 3.15. The zero-order valence-electron chi connectivity index (χ0n) is 9.55. The van der Waals surface area contributed by atoms with Crippen LogP contribution in [-0.2, 0) is 0 Å². The van der Waals surface area contributed by atoms with Gasteiger partial charge in [-0.3, -0.25) is 10.1 Å². The summed E-state index contributed by atoms with van der Waals surface area (Å²) in [4.78, 5) is 10.7. The summed E-state index contributed by atoms with van der Waals surface area (Å²) in [5.41, 5.74) is 0.797. The first kappa shape index (κ1) is 12.9. The fraction of sp³-hybridized carbons (Fsp3) is 0.455. The molecule has 0 amide bonds. The zero-order chi connectivity index (χ0) is 11.8. The zero-order valence-corrected chi connectivity index (χ0v) is 10.4. The maximum atomic E-state index is 11.1. The molecule has 2 aliphatic rings. The van der Waals surface area contributed by atoms with E-state index in [9.17, 15) is 10.1 Å². The molecule has 0 radical (unpaired) electrons. The van der Waals surface area contributed by atoms with Crippen LogP contribution in [-0.4, -0.2) is 18.3 Å². The van der Waals surface area contributed by atoms with Crippen molar-refractivity contribution in [3.8, 4) is 11.5 Å². The van der Waals surface area contributed by atoms with Crippen LogP contribution in [0.2, 0.25) is 0 Å². The van der Waals surface area contributed by atoms with Gasteiger partial charge in [0.1, 0.15) is 0 Å². The topological polar surface area (TPSA) is 73.6 Å². The number of hydrogen-bond acceptors (Lipinski definition) is 5. The first-order valence-electron chi connectivity index (χ1n) is 5.57. The van der Waals surface area contributed by atoms with Gasteiger partial charge in [-0.05, 0) is 25.5 Å². The van der Waals surface area contributed by atoms with Gasteiger partial charge in [0.25, 0.3) is 5.69 Å². The van der Waals surface area contributed by atoms with Crippen LogP contribution in [0.1, 0.15) is 24.4 Å². The standard InChI is InChI=1S/C11H12N2O4.ClH/c14-13(15)9-5-11-10(16-6-17-11)4-7(9)8-2-1-3-12-8;/h4-5,8,12H,1-3,6H2;1H/t8-;/m1./s1. The van der Waals surface area contributed by atoms with Crippen molar-refractivity contribution in [2.75, 3.05) is 13.3 Å². The predicted octanol–water partition coefficient (Wildman–Crippen LogP) is 2.17. The highest BCUT2D eigenvalue weighted by Gasteiger charge is 2.29. The quantitative estimate of drug-likeness (QED) is 0.660. The van der Waals surface area contributed by atoms with Crippen LogP contribution in [0.25, 0.3) is 0 Å². The van der Waals surface area contributed by atoms with Gasteiger partial charge in [-0.1, -0.05) is 0 Å². The minimum Gasteiger partial charge on any atom is -0.454 e. The minimum absolute atomic E-state index is 0. The molecule has 18 heavy (non-hydrogen) atoms. The molecule has 1 fully saturated rings. The highest BCUT2D eigenvalue weighted by atomic mass is 35.5. The number of nitrogens with zero attached hydrogens (tertiary/aromatic N) is 1. The number of nitrogens with one attached hydrogen (secondary N) is 1. The van der Waals surface area contributed by atoms with Gasteiger partial charge in [-0.2, -0.15) is 0 Å². The Balaban J connectivity index is 0.00000120. The highest BCUT2D eigenvalue weighted by molar-refractivity contribution is 5.85. The number of benzene rings is 1. The van der Waals surface area contributed by atoms with Crippen molar-refractivity contribution < 1.29 is 14.4 Å². The van der Waals surface area contributed by atoms with Gasteiger partial charge < -0.3 is 14.8 Å². The normalized spacial score (nSPS) is 20.6. The largest absolute Gasteiger partial charge is 0.454 e. The molecule has 2 heterocycles. The molecule has 0 saturated carbocycles. The van der Waals surface area contributed by atoms with E-state index in [1.807, 2.05) is 0 Å². The Morgan fingerprint density at radius 1 is 1.33 bits per heavy atom. The lowest BCUT2D eigenvalue weighted by molar-refractivity contribution is -0.385. The van der Waals surface area contributed by atoms with Gasteiger partial charge in [-0.15, -0.1) is 12.4 Å². The van der Waals surface area contributed by atoms with Crippen molar-refractivity contribution in [3.05, 3.63) is 27.8 Å². The number of halogens is 1. The molecule has 2 aliphatic heterocycles. The molecule has 3 rings (SSSR count). The SMILES string of the molecule is Cl.O=[N+]([O-])c1cc2c(cc1[C@H]1CCCN1)OCO2. The fourth-order valence-corrected chi connectivity index (χ4v) is 2.33. The van der Waals surface area contributed by atoms with Gasteiger partial charge in [-0.25, -0.2) is 0 Å². The summed E-state index contributed by atoms with van der Waals surface area (Å²) >= 11 is 0. The maximum Gasteiger partial charge on any atom is 0.278 e. The van der Waals surface area contributed by atoms with E-state index in [0.29, 0.717) is 17.1 Å². The van der Waals surface area contributed by atoms with Crippen molar-refractivity contribution in [3.63, 3.8) is 0 Å². The lowest BCUT2D eigenvalue weighted by Crippen LogP contribution is -2.14. The van der Waals surface area contributed by atoms with E-state index in [4.69, 9.17) is 9.47 Å². The molecule has 0 spiro atoms. The average molecular weight is 273 g/mol. The molecule has 7 heteroatoms. The van der Waals surface area contributed by atoms with Crippen LogP contribution in [0, 0.1) is 10.1 Å². The molecule has 1 N–H and O–H groups in total. The molecule has 1 aromatic carbocycles. The molecule has 98 valence electrons. The summed E-state index contributed by atoms with van der Waals surface area (Å²) < 4.78 is 10.4. The van der Waals surface area contributed by atoms with E-state index in [1.54, 1.807) is 6.07 Å². The molecule has 0 aliphatic carbocycles. The number of nitro benzene ring substituents is 1. The van der Waals surface area contributed by atoms with E-state index in [0.717, 1.165) is 19.4 Å². The van der Waals surface area contributed by atoms with Crippen molar-refractivity contribution in [1.82, 2.24) is 5.32 Å². The van der Waals surface area contributed by atoms with E-state index < -0.39 is 0 Å². The van der Waals surface area contributed by atoms with Crippen molar-refractivity contribution in [2.24, 2.45) is 0 Å². The number of ether oxygens (including phenoxy) is 2. The fourth-order valence-electron chi connectivity index (χ4n) is 2.33. The van der Waals surface area contributed by atoms with Gasteiger partial charge in [0, 0.05) is 6.04 Å². The first-order valence-corrected chi connectivity index (χ1v) is 5.57. The summed E-state index contributed by atoms with van der Waals surface area (Å²) in [6.45, 7) is 1.03. The van der Waals surface area contributed by atoms with Crippen LogP contribution in [0.3, 0.4) is 0 Å². The van der Waals surface area contributed by atoms with E-state index in [1.165, 1.54) is 6.07 Å². The van der Waals surface area contributed by atoms with Crippen LogP contribution < -0.4 is 14.8 Å². The molecule has 1 saturated heterocycles. The van der Waals surface area contributed by atoms with Crippen LogP contribution in [0.4, 0.5) is 5.69 Å². The Hall–Kier alpha value is -1.53. The monoisotopic (exact) mass is 272 g/mol. The third-order valence-electron chi connectivity index (χ3n) is 3.15. The van der Waals surface area contributed by atoms with E-state index in [-0.39, 0.29) is 35.9 Å². The molecular formula is C11H13ClN2O4. The molecular weight excluding hydrogens is 260 g/mol. The minimum atomic E-state index is -0.364. The van der Waals surface area contributed by atoms with Gasteiger partial charge >= 0.3 is 0 Å². The Bertz CT molecular complexity index is 474. The molecule has 0 unspecified atom stereocenters. The van der Waals surface area contributed by atoms with Gasteiger partial charge in [0.05, 0.1) is 16.6 Å². The summed E-state index contributed by atoms with van der Waals surface area (Å²) in [6, 6.07) is 3.23. The Morgan fingerprint density at radius 3 is 2.67 bits per heavy atom. The second-order valence-corrected chi connectivity index (χ2v) is 4.17. The Labute approximate surface area is 110 Å². The van der Waals surface area contributed by atoms with Crippen molar-refractivity contribution in [2.45, 2.75) is 18.9 Å². The lowest BCUT2D eigenvalue weighted by atomic mass is 10.0. The summed E-state index contributed by atoms with van der Waals surface area (Å²) in [6.07, 6.45) is 1.96. The number of hydrogen-bond donors (Lipinski definition) is 1. The summed E-state index contributed by atoms with van der Waals surface area (Å²) in [5.74, 6) is 1.05. The van der Waals surface area contributed by atoms with Crippen LogP contribution in [0.15, 0.2) is 12.1 Å². The number of fused-ring (bicyclic) bond motifs is 1. The first-order chi connectivity index (χ1) is 8.25. The van der Waals surface area contributed by atoms with Gasteiger partial charge in [0.2, 0.25) is 6.79 Å². The van der Waals surface area contributed by atoms with E-state index in [2.05, 4.69) is 5.32 Å². The summed E-state index contributed by atoms with van der Waals surface area (Å²) in [5, 5.41) is 14.3. The Morgan fingerprint density at radius 2 is 2.06 bits per heavy atom. The predicted molar refractivity (Wildman–Crippen MR) is 66.4 cm³/mol. The maximum absolute atomic E-state index is 11.1. The van der Waals surface area contributed by atoms with E-state index >= 15 is 0 Å². The molecule has 1 atom stereocenters. The second-order valence-electron chi connectivity index (χ2n) is 4.17. The van der Waals surface area contributed by atoms with Crippen LogP contribution >= 0.6 is 12.4 Å². The molecule has 0 aromatic heterocycles. The lowest BCUT2D eigenvalue weighted by Gasteiger charge is -2.11. The van der Waals surface area contributed by atoms with Gasteiger partial charge in [0.15, 0.2) is 11.5 Å². The molecule has 1 aromatic rings. The van der Waals surface area contributed by atoms with Crippen molar-refractivity contribution >= 4 is 18.1 Å². The van der Waals surface area contributed by atoms with Crippen molar-refractivity contribution in [1.29, 1.82) is 0 Å². The van der Waals surface area contributed by atoms with Crippen LogP contribution in [0.5, 0.6) is 11.5 Å². The number of rotatable bonds is 2. The number of nitro groups is 1.